The number of fused-ring (bicyclic) bond motifs is 3. The minimum Gasteiger partial charge on any atom is -0.497 e. The van der Waals surface area contributed by atoms with Crippen molar-refractivity contribution < 1.29 is 14.3 Å². The summed E-state index contributed by atoms with van der Waals surface area (Å²) in [5.74, 6) is 4.47. The summed E-state index contributed by atoms with van der Waals surface area (Å²) in [5, 5.41) is 0. The summed E-state index contributed by atoms with van der Waals surface area (Å²) in [5.41, 5.74) is 1.77. The van der Waals surface area contributed by atoms with E-state index in [0.29, 0.717) is 12.4 Å². The van der Waals surface area contributed by atoms with Crippen LogP contribution in [0.25, 0.3) is 6.08 Å². The molecule has 0 amide bonds. The first-order valence-corrected chi connectivity index (χ1v) is 9.73. The van der Waals surface area contributed by atoms with E-state index in [1.165, 1.54) is 25.7 Å². The Balaban J connectivity index is 1.47. The SMILES string of the molecule is COc1ccc2c(c1)OCC(C(=O)C13CCCC4CC(CC4C1)C3)=C2. The van der Waals surface area contributed by atoms with E-state index in [9.17, 15) is 4.79 Å². The maximum absolute atomic E-state index is 13.6. The van der Waals surface area contributed by atoms with Gasteiger partial charge in [0.25, 0.3) is 0 Å². The van der Waals surface area contributed by atoms with Crippen molar-refractivity contribution in [3.8, 4) is 11.5 Å². The zero-order valence-electron chi connectivity index (χ0n) is 14.9. The Morgan fingerprint density at radius 3 is 3.00 bits per heavy atom. The van der Waals surface area contributed by atoms with Gasteiger partial charge in [-0.15, -0.1) is 0 Å². The number of rotatable bonds is 3. The van der Waals surface area contributed by atoms with Crippen LogP contribution < -0.4 is 9.47 Å². The second-order valence-electron chi connectivity index (χ2n) is 8.63. The number of hydrogen-bond acceptors (Lipinski definition) is 3. The van der Waals surface area contributed by atoms with Gasteiger partial charge in [-0.2, -0.15) is 0 Å². The van der Waals surface area contributed by atoms with E-state index in [1.54, 1.807) is 7.11 Å². The fraction of sp³-hybridized carbons (Fsp3) is 0.591. The van der Waals surface area contributed by atoms with Crippen LogP contribution in [0.4, 0.5) is 0 Å². The molecule has 1 aliphatic heterocycles. The molecule has 3 heteroatoms. The van der Waals surface area contributed by atoms with Crippen LogP contribution in [-0.4, -0.2) is 19.5 Å². The zero-order valence-corrected chi connectivity index (χ0v) is 14.9. The fourth-order valence-corrected chi connectivity index (χ4v) is 6.19. The van der Waals surface area contributed by atoms with E-state index in [4.69, 9.17) is 9.47 Å². The van der Waals surface area contributed by atoms with Crippen LogP contribution in [0.2, 0.25) is 0 Å². The average Bonchev–Trinajstić information content (AvgIpc) is 2.86. The summed E-state index contributed by atoms with van der Waals surface area (Å²) >= 11 is 0. The number of benzene rings is 1. The molecule has 1 aromatic carbocycles. The lowest BCUT2D eigenvalue weighted by Crippen LogP contribution is -2.39. The molecule has 3 nitrogen and oxygen atoms in total. The second kappa shape index (κ2) is 5.62. The molecule has 5 rings (SSSR count). The molecule has 1 aromatic rings. The maximum atomic E-state index is 13.6. The van der Waals surface area contributed by atoms with Gasteiger partial charge >= 0.3 is 0 Å². The topological polar surface area (TPSA) is 35.5 Å². The van der Waals surface area contributed by atoms with E-state index in [1.807, 2.05) is 18.2 Å². The summed E-state index contributed by atoms with van der Waals surface area (Å²) in [6.45, 7) is 0.402. The second-order valence-corrected chi connectivity index (χ2v) is 8.63. The lowest BCUT2D eigenvalue weighted by atomic mass is 9.63. The lowest BCUT2D eigenvalue weighted by molar-refractivity contribution is -0.128. The molecule has 25 heavy (non-hydrogen) atoms. The van der Waals surface area contributed by atoms with Crippen LogP contribution in [0.15, 0.2) is 23.8 Å². The summed E-state index contributed by atoms with van der Waals surface area (Å²) in [4.78, 5) is 13.6. The molecule has 1 heterocycles. The molecule has 0 spiro atoms. The Kier molecular flexibility index (Phi) is 3.48. The van der Waals surface area contributed by atoms with Gasteiger partial charge in [-0.1, -0.05) is 12.8 Å². The van der Waals surface area contributed by atoms with E-state index in [-0.39, 0.29) is 5.41 Å². The summed E-state index contributed by atoms with van der Waals surface area (Å²) in [7, 11) is 1.66. The third-order valence-electron chi connectivity index (χ3n) is 7.21. The number of carbonyl (C=O) groups excluding carboxylic acids is 1. The predicted molar refractivity (Wildman–Crippen MR) is 96.7 cm³/mol. The van der Waals surface area contributed by atoms with Crippen LogP contribution in [0.1, 0.15) is 50.5 Å². The van der Waals surface area contributed by atoms with Crippen molar-refractivity contribution in [2.45, 2.75) is 44.9 Å². The number of Topliss-reactive ketones (excluding diaryl/α,β-unsaturated/α-hetero) is 1. The molecule has 3 bridgehead atoms. The summed E-state index contributed by atoms with van der Waals surface area (Å²) < 4.78 is 11.2. The van der Waals surface area contributed by atoms with Gasteiger partial charge in [0.15, 0.2) is 5.78 Å². The van der Waals surface area contributed by atoms with Crippen molar-refractivity contribution >= 4 is 11.9 Å². The number of ketones is 1. The van der Waals surface area contributed by atoms with Gasteiger partial charge in [-0.3, -0.25) is 4.79 Å². The van der Waals surface area contributed by atoms with Gasteiger partial charge in [-0.25, -0.2) is 0 Å². The number of methoxy groups -OCH3 is 1. The molecule has 0 aromatic heterocycles. The Hall–Kier alpha value is -1.77. The summed E-state index contributed by atoms with van der Waals surface area (Å²) in [6.07, 6.45) is 10.7. The normalized spacial score (nSPS) is 35.4. The molecule has 0 N–H and O–H groups in total. The molecular weight excluding hydrogens is 312 g/mol. The lowest BCUT2D eigenvalue weighted by Gasteiger charge is -2.39. The van der Waals surface area contributed by atoms with Gasteiger partial charge in [0.2, 0.25) is 0 Å². The highest BCUT2D eigenvalue weighted by Gasteiger charge is 2.53. The zero-order chi connectivity index (χ0) is 17.0. The largest absolute Gasteiger partial charge is 0.497 e. The molecule has 4 atom stereocenters. The Morgan fingerprint density at radius 2 is 2.12 bits per heavy atom. The summed E-state index contributed by atoms with van der Waals surface area (Å²) in [6, 6.07) is 5.83. The molecule has 132 valence electrons. The van der Waals surface area contributed by atoms with E-state index < -0.39 is 0 Å². The Labute approximate surface area is 149 Å². The predicted octanol–water partition coefficient (Wildman–Crippen LogP) is 4.65. The van der Waals surface area contributed by atoms with Crippen molar-refractivity contribution in [2.24, 2.45) is 23.2 Å². The molecule has 3 saturated carbocycles. The number of ether oxygens (including phenoxy) is 2. The molecule has 3 aliphatic carbocycles. The van der Waals surface area contributed by atoms with Gasteiger partial charge in [0.1, 0.15) is 18.1 Å². The average molecular weight is 338 g/mol. The van der Waals surface area contributed by atoms with Crippen molar-refractivity contribution in [3.05, 3.63) is 29.3 Å². The van der Waals surface area contributed by atoms with E-state index >= 15 is 0 Å². The molecule has 0 radical (unpaired) electrons. The Bertz CT molecular complexity index is 750. The molecule has 4 aliphatic rings. The first-order chi connectivity index (χ1) is 12.2. The van der Waals surface area contributed by atoms with E-state index in [0.717, 1.165) is 59.7 Å². The van der Waals surface area contributed by atoms with Crippen LogP contribution in [0, 0.1) is 23.2 Å². The highest BCUT2D eigenvalue weighted by Crippen LogP contribution is 2.59. The fourth-order valence-electron chi connectivity index (χ4n) is 6.19. The van der Waals surface area contributed by atoms with Gasteiger partial charge < -0.3 is 9.47 Å². The van der Waals surface area contributed by atoms with Crippen molar-refractivity contribution in [3.63, 3.8) is 0 Å². The Morgan fingerprint density at radius 1 is 1.24 bits per heavy atom. The highest BCUT2D eigenvalue weighted by molar-refractivity contribution is 6.04. The number of hydrogen-bond donors (Lipinski definition) is 0. The first-order valence-electron chi connectivity index (χ1n) is 9.73. The van der Waals surface area contributed by atoms with Crippen molar-refractivity contribution in [2.75, 3.05) is 13.7 Å². The molecule has 0 saturated heterocycles. The smallest absolute Gasteiger partial charge is 0.168 e. The monoisotopic (exact) mass is 338 g/mol. The number of carbonyl (C=O) groups is 1. The minimum atomic E-state index is -0.0992. The minimum absolute atomic E-state index is 0.0992. The standard InChI is InChI=1S/C22H26O3/c1-24-19-5-4-16-9-18(13-25-20(16)10-19)21(23)22-6-2-3-15-7-14(11-22)8-17(15)12-22/h4-5,9-10,14-15,17H,2-3,6-8,11-13H2,1H3. The van der Waals surface area contributed by atoms with Gasteiger partial charge in [0.05, 0.1) is 7.11 Å². The van der Waals surface area contributed by atoms with Crippen LogP contribution in [0.3, 0.4) is 0 Å². The maximum Gasteiger partial charge on any atom is 0.168 e. The van der Waals surface area contributed by atoms with Crippen LogP contribution in [-0.2, 0) is 4.79 Å². The highest BCUT2D eigenvalue weighted by atomic mass is 16.5. The first kappa shape index (κ1) is 15.5. The van der Waals surface area contributed by atoms with Crippen LogP contribution >= 0.6 is 0 Å². The third kappa shape index (κ3) is 2.43. The molecule has 4 unspecified atom stereocenters. The molecular formula is C22H26O3. The van der Waals surface area contributed by atoms with Crippen molar-refractivity contribution in [1.29, 1.82) is 0 Å². The quantitative estimate of drug-likeness (QED) is 0.805. The van der Waals surface area contributed by atoms with Crippen LogP contribution in [0.5, 0.6) is 11.5 Å². The van der Waals surface area contributed by atoms with Gasteiger partial charge in [0, 0.05) is 22.6 Å². The third-order valence-corrected chi connectivity index (χ3v) is 7.21. The van der Waals surface area contributed by atoms with E-state index in [2.05, 4.69) is 6.08 Å². The van der Waals surface area contributed by atoms with Gasteiger partial charge in [-0.05, 0) is 68.1 Å². The van der Waals surface area contributed by atoms with Crippen molar-refractivity contribution in [1.82, 2.24) is 0 Å². The molecule has 3 fully saturated rings.